The number of ether oxygens (including phenoxy) is 1. The molecule has 4 heteroatoms. The second-order valence-corrected chi connectivity index (χ2v) is 8.21. The lowest BCUT2D eigenvalue weighted by Gasteiger charge is -2.41. The molecule has 0 spiro atoms. The standard InChI is InChI=1S/C27H30N2O2/c1-31-24-14-15-25-22(17-24)12-13-23(16-20-8-4-2-5-9-20)27(25)29(26(30)18-28)19-21-10-6-3-7-11-21/h2-11,14-15,17,23,27H,12-13,16,18-19,28H2,1H3. The lowest BCUT2D eigenvalue weighted by atomic mass is 9.76. The second kappa shape index (κ2) is 9.80. The zero-order valence-electron chi connectivity index (χ0n) is 18.0. The minimum absolute atomic E-state index is 0.00682. The van der Waals surface area contributed by atoms with Gasteiger partial charge in [-0.1, -0.05) is 66.7 Å². The molecular weight excluding hydrogens is 384 g/mol. The molecule has 31 heavy (non-hydrogen) atoms. The molecule has 0 aliphatic heterocycles. The molecule has 1 amide bonds. The van der Waals surface area contributed by atoms with E-state index in [9.17, 15) is 4.79 Å². The van der Waals surface area contributed by atoms with Gasteiger partial charge in [-0.15, -0.1) is 0 Å². The molecule has 1 aliphatic carbocycles. The molecule has 3 aromatic rings. The highest BCUT2D eigenvalue weighted by atomic mass is 16.5. The molecule has 0 saturated carbocycles. The minimum Gasteiger partial charge on any atom is -0.497 e. The summed E-state index contributed by atoms with van der Waals surface area (Å²) >= 11 is 0. The summed E-state index contributed by atoms with van der Waals surface area (Å²) in [5.74, 6) is 1.16. The van der Waals surface area contributed by atoms with E-state index >= 15 is 0 Å². The summed E-state index contributed by atoms with van der Waals surface area (Å²) in [5, 5.41) is 0. The molecule has 4 nitrogen and oxygen atoms in total. The van der Waals surface area contributed by atoms with E-state index in [0.29, 0.717) is 12.5 Å². The molecule has 0 bridgehead atoms. The number of aryl methyl sites for hydroxylation is 1. The van der Waals surface area contributed by atoms with Crippen molar-refractivity contribution >= 4 is 5.91 Å². The van der Waals surface area contributed by atoms with Crippen molar-refractivity contribution in [1.29, 1.82) is 0 Å². The predicted molar refractivity (Wildman–Crippen MR) is 124 cm³/mol. The Hall–Kier alpha value is -3.11. The van der Waals surface area contributed by atoms with Crippen molar-refractivity contribution in [3.05, 3.63) is 101 Å². The van der Waals surface area contributed by atoms with Crippen LogP contribution in [0.15, 0.2) is 78.9 Å². The monoisotopic (exact) mass is 414 g/mol. The van der Waals surface area contributed by atoms with Crippen LogP contribution in [0.5, 0.6) is 5.75 Å². The van der Waals surface area contributed by atoms with Crippen molar-refractivity contribution in [3.8, 4) is 5.75 Å². The number of rotatable bonds is 7. The fourth-order valence-corrected chi connectivity index (χ4v) is 4.76. The molecule has 3 aromatic carbocycles. The van der Waals surface area contributed by atoms with Crippen molar-refractivity contribution in [2.24, 2.45) is 11.7 Å². The number of carbonyl (C=O) groups is 1. The van der Waals surface area contributed by atoms with Crippen LogP contribution in [-0.4, -0.2) is 24.5 Å². The molecule has 1 aliphatic rings. The fourth-order valence-electron chi connectivity index (χ4n) is 4.76. The first kappa shape index (κ1) is 21.1. The van der Waals surface area contributed by atoms with Crippen LogP contribution < -0.4 is 10.5 Å². The van der Waals surface area contributed by atoms with Gasteiger partial charge in [0.25, 0.3) is 0 Å². The summed E-state index contributed by atoms with van der Waals surface area (Å²) in [6.07, 6.45) is 2.93. The third kappa shape index (κ3) is 4.80. The van der Waals surface area contributed by atoms with Crippen LogP contribution >= 0.6 is 0 Å². The highest BCUT2D eigenvalue weighted by Crippen LogP contribution is 2.42. The molecule has 0 radical (unpaired) electrons. The van der Waals surface area contributed by atoms with Gasteiger partial charge in [0.2, 0.25) is 5.91 Å². The Labute approximate surface area is 184 Å². The lowest BCUT2D eigenvalue weighted by Crippen LogP contribution is -2.43. The Morgan fingerprint density at radius 1 is 1.00 bits per heavy atom. The number of nitrogens with two attached hydrogens (primary N) is 1. The summed E-state index contributed by atoms with van der Waals surface area (Å²) in [4.78, 5) is 15.1. The first-order chi connectivity index (χ1) is 15.2. The summed E-state index contributed by atoms with van der Waals surface area (Å²) in [5.41, 5.74) is 10.8. The van der Waals surface area contributed by atoms with Gasteiger partial charge >= 0.3 is 0 Å². The Morgan fingerprint density at radius 2 is 1.68 bits per heavy atom. The van der Waals surface area contributed by atoms with Crippen LogP contribution in [0.3, 0.4) is 0 Å². The Kier molecular flexibility index (Phi) is 6.68. The SMILES string of the molecule is COc1ccc2c(c1)CCC(Cc1ccccc1)C2N(Cc1ccccc1)C(=O)CN. The number of methoxy groups -OCH3 is 1. The zero-order valence-corrected chi connectivity index (χ0v) is 18.0. The number of benzene rings is 3. The van der Waals surface area contributed by atoms with Gasteiger partial charge in [-0.2, -0.15) is 0 Å². The van der Waals surface area contributed by atoms with Crippen molar-refractivity contribution < 1.29 is 9.53 Å². The quantitative estimate of drug-likeness (QED) is 0.618. The van der Waals surface area contributed by atoms with E-state index in [-0.39, 0.29) is 18.5 Å². The van der Waals surface area contributed by atoms with Crippen molar-refractivity contribution in [2.45, 2.75) is 31.8 Å². The van der Waals surface area contributed by atoms with E-state index in [4.69, 9.17) is 10.5 Å². The summed E-state index contributed by atoms with van der Waals surface area (Å²) in [7, 11) is 1.69. The minimum atomic E-state index is -0.0221. The van der Waals surface area contributed by atoms with Crippen LogP contribution in [0.4, 0.5) is 0 Å². The fraction of sp³-hybridized carbons (Fsp3) is 0.296. The van der Waals surface area contributed by atoms with Gasteiger partial charge in [0.05, 0.1) is 19.7 Å². The molecule has 4 rings (SSSR count). The molecule has 2 atom stereocenters. The number of hydrogen-bond donors (Lipinski definition) is 1. The maximum Gasteiger partial charge on any atom is 0.237 e. The van der Waals surface area contributed by atoms with Crippen LogP contribution in [0.25, 0.3) is 0 Å². The highest BCUT2D eigenvalue weighted by molar-refractivity contribution is 5.78. The molecule has 160 valence electrons. The number of nitrogens with zero attached hydrogens (tertiary/aromatic N) is 1. The molecule has 0 aromatic heterocycles. The van der Waals surface area contributed by atoms with E-state index < -0.39 is 0 Å². The third-order valence-electron chi connectivity index (χ3n) is 6.27. The number of amides is 1. The molecule has 0 heterocycles. The third-order valence-corrected chi connectivity index (χ3v) is 6.27. The average Bonchev–Trinajstić information content (AvgIpc) is 2.83. The number of fused-ring (bicyclic) bond motifs is 1. The van der Waals surface area contributed by atoms with Crippen LogP contribution in [-0.2, 0) is 24.2 Å². The number of hydrogen-bond acceptors (Lipinski definition) is 3. The normalized spacial score (nSPS) is 17.6. The van der Waals surface area contributed by atoms with Gasteiger partial charge in [0.1, 0.15) is 5.75 Å². The van der Waals surface area contributed by atoms with Gasteiger partial charge in [-0.25, -0.2) is 0 Å². The Balaban J connectivity index is 1.75. The largest absolute Gasteiger partial charge is 0.497 e. The topological polar surface area (TPSA) is 55.6 Å². The van der Waals surface area contributed by atoms with Gasteiger partial charge in [0.15, 0.2) is 0 Å². The van der Waals surface area contributed by atoms with Crippen LogP contribution in [0.2, 0.25) is 0 Å². The summed E-state index contributed by atoms with van der Waals surface area (Å²) in [6, 6.07) is 27.0. The summed E-state index contributed by atoms with van der Waals surface area (Å²) < 4.78 is 5.46. The van der Waals surface area contributed by atoms with Crippen molar-refractivity contribution in [3.63, 3.8) is 0 Å². The van der Waals surface area contributed by atoms with E-state index in [1.807, 2.05) is 35.2 Å². The maximum atomic E-state index is 13.1. The summed E-state index contributed by atoms with van der Waals surface area (Å²) in [6.45, 7) is 0.561. The van der Waals surface area contributed by atoms with Crippen LogP contribution in [0, 0.1) is 5.92 Å². The van der Waals surface area contributed by atoms with Crippen molar-refractivity contribution in [1.82, 2.24) is 4.90 Å². The average molecular weight is 415 g/mol. The lowest BCUT2D eigenvalue weighted by molar-refractivity contribution is -0.134. The van der Waals surface area contributed by atoms with Gasteiger partial charge in [-0.05, 0) is 59.6 Å². The highest BCUT2D eigenvalue weighted by Gasteiger charge is 2.36. The van der Waals surface area contributed by atoms with Gasteiger partial charge in [0, 0.05) is 6.54 Å². The van der Waals surface area contributed by atoms with E-state index in [1.54, 1.807) is 7.11 Å². The van der Waals surface area contributed by atoms with E-state index in [2.05, 4.69) is 48.5 Å². The van der Waals surface area contributed by atoms with Crippen molar-refractivity contribution in [2.75, 3.05) is 13.7 Å². The molecule has 0 fully saturated rings. The molecule has 0 saturated heterocycles. The maximum absolute atomic E-state index is 13.1. The molecular formula is C27H30N2O2. The molecule has 2 N–H and O–H groups in total. The second-order valence-electron chi connectivity index (χ2n) is 8.21. The smallest absolute Gasteiger partial charge is 0.237 e. The number of carbonyl (C=O) groups excluding carboxylic acids is 1. The Bertz CT molecular complexity index is 1000. The van der Waals surface area contributed by atoms with E-state index in [0.717, 1.165) is 30.6 Å². The Morgan fingerprint density at radius 3 is 2.32 bits per heavy atom. The molecule has 2 unspecified atom stereocenters. The van der Waals surface area contributed by atoms with Gasteiger partial charge in [-0.3, -0.25) is 4.79 Å². The van der Waals surface area contributed by atoms with Gasteiger partial charge < -0.3 is 15.4 Å². The first-order valence-electron chi connectivity index (χ1n) is 10.9. The van der Waals surface area contributed by atoms with E-state index in [1.165, 1.54) is 16.7 Å². The predicted octanol–water partition coefficient (Wildman–Crippen LogP) is 4.53. The zero-order chi connectivity index (χ0) is 21.6. The first-order valence-corrected chi connectivity index (χ1v) is 10.9. The van der Waals surface area contributed by atoms with Crippen LogP contribution in [0.1, 0.15) is 34.7 Å².